The van der Waals surface area contributed by atoms with Crippen LogP contribution in [0.1, 0.15) is 53.6 Å². The van der Waals surface area contributed by atoms with Crippen molar-refractivity contribution in [1.82, 2.24) is 4.90 Å². The molecular weight excluding hydrogens is 601 g/mol. The molecule has 4 heterocycles. The molecule has 1 amide bonds. The maximum absolute atomic E-state index is 14.8. The van der Waals surface area contributed by atoms with Gasteiger partial charge in [-0.3, -0.25) is 14.6 Å². The van der Waals surface area contributed by atoms with Gasteiger partial charge in [0.2, 0.25) is 5.91 Å². The van der Waals surface area contributed by atoms with E-state index >= 15 is 0 Å². The normalized spacial score (nSPS) is 27.3. The first-order chi connectivity index (χ1) is 21.1. The van der Waals surface area contributed by atoms with Gasteiger partial charge in [-0.25, -0.2) is 4.79 Å². The Morgan fingerprint density at radius 3 is 2.59 bits per heavy atom. The van der Waals surface area contributed by atoms with E-state index in [2.05, 4.69) is 29.3 Å². The maximum Gasteiger partial charge on any atom is 0.335 e. The molecule has 4 aliphatic heterocycles. The number of aromatic carboxylic acids is 1. The molecule has 0 unspecified atom stereocenters. The van der Waals surface area contributed by atoms with Crippen molar-refractivity contribution < 1.29 is 24.2 Å². The Labute approximate surface area is 266 Å². The van der Waals surface area contributed by atoms with E-state index in [1.807, 2.05) is 30.3 Å². The van der Waals surface area contributed by atoms with Crippen LogP contribution in [0.25, 0.3) is 0 Å². The molecule has 0 aromatic heterocycles. The first-order valence-electron chi connectivity index (χ1n) is 15.0. The molecule has 2 N–H and O–H groups in total. The molecule has 0 bridgehead atoms. The van der Waals surface area contributed by atoms with Gasteiger partial charge in [-0.15, -0.1) is 0 Å². The van der Waals surface area contributed by atoms with E-state index in [1.165, 1.54) is 24.8 Å². The molecule has 3 aromatic rings. The average molecular weight is 637 g/mol. The second-order valence-corrected chi connectivity index (χ2v) is 13.7. The molecule has 7 rings (SSSR count). The number of carboxylic acid groups (broad SMARTS) is 1. The summed E-state index contributed by atoms with van der Waals surface area (Å²) in [7, 11) is 1.50. The lowest BCUT2D eigenvalue weighted by Crippen LogP contribution is -2.50. The van der Waals surface area contributed by atoms with E-state index < -0.39 is 17.4 Å². The van der Waals surface area contributed by atoms with Crippen LogP contribution in [0.2, 0.25) is 10.0 Å². The number of anilines is 2. The van der Waals surface area contributed by atoms with Crippen LogP contribution in [-0.2, 0) is 14.9 Å². The summed E-state index contributed by atoms with van der Waals surface area (Å²) in [6.07, 6.45) is 2.77. The molecule has 0 radical (unpaired) electrons. The van der Waals surface area contributed by atoms with Gasteiger partial charge in [-0.1, -0.05) is 48.3 Å². The van der Waals surface area contributed by atoms with Gasteiger partial charge >= 0.3 is 5.97 Å². The molecule has 3 saturated heterocycles. The Hall–Kier alpha value is -3.30. The Bertz CT molecular complexity index is 1640. The second-order valence-electron chi connectivity index (χ2n) is 12.8. The Morgan fingerprint density at radius 1 is 1.09 bits per heavy atom. The number of benzene rings is 3. The lowest BCUT2D eigenvalue weighted by Gasteiger charge is -2.44. The summed E-state index contributed by atoms with van der Waals surface area (Å²) in [6.45, 7) is 4.80. The van der Waals surface area contributed by atoms with Crippen LogP contribution in [0.5, 0.6) is 5.75 Å². The van der Waals surface area contributed by atoms with Gasteiger partial charge in [0.25, 0.3) is 0 Å². The predicted octanol–water partition coefficient (Wildman–Crippen LogP) is 6.41. The van der Waals surface area contributed by atoms with Gasteiger partial charge in [-0.2, -0.15) is 0 Å². The summed E-state index contributed by atoms with van der Waals surface area (Å²) in [6, 6.07) is 18.2. The predicted molar refractivity (Wildman–Crippen MR) is 170 cm³/mol. The molecule has 0 aliphatic carbocycles. The van der Waals surface area contributed by atoms with Gasteiger partial charge in [0.05, 0.1) is 31.1 Å². The zero-order chi connectivity index (χ0) is 30.8. The van der Waals surface area contributed by atoms with Crippen molar-refractivity contribution in [2.75, 3.05) is 43.8 Å². The fourth-order valence-electron chi connectivity index (χ4n) is 8.26. The third-order valence-corrected chi connectivity index (χ3v) is 10.9. The minimum absolute atomic E-state index is 0.00672. The fourth-order valence-corrected chi connectivity index (χ4v) is 8.63. The lowest BCUT2D eigenvalue weighted by molar-refractivity contribution is -0.119. The van der Waals surface area contributed by atoms with Crippen molar-refractivity contribution in [3.8, 4) is 5.75 Å². The van der Waals surface area contributed by atoms with Crippen molar-refractivity contribution >= 4 is 46.5 Å². The second kappa shape index (κ2) is 10.9. The van der Waals surface area contributed by atoms with Gasteiger partial charge in [0.1, 0.15) is 5.75 Å². The van der Waals surface area contributed by atoms with Crippen LogP contribution in [0.4, 0.5) is 11.4 Å². The quantitative estimate of drug-likeness (QED) is 0.323. The monoisotopic (exact) mass is 635 g/mol. The molecule has 44 heavy (non-hydrogen) atoms. The number of hydrogen-bond donors (Lipinski definition) is 2. The highest BCUT2D eigenvalue weighted by atomic mass is 35.5. The van der Waals surface area contributed by atoms with E-state index in [0.29, 0.717) is 34.7 Å². The maximum atomic E-state index is 14.8. The molecule has 0 saturated carbocycles. The van der Waals surface area contributed by atoms with Gasteiger partial charge in [0, 0.05) is 52.9 Å². The SMILES string of the molecule is COc1cc(C(=O)O)ccc1N1CN2[C@@H](CC3(C)CCOCC3)[C@@]3(CNc4cc(Cl)ccc43)[C@@H](c3cccc(Cl)c3)[C@@H]2C1=O. The molecule has 3 fully saturated rings. The largest absolute Gasteiger partial charge is 0.495 e. The van der Waals surface area contributed by atoms with Crippen molar-refractivity contribution in [2.24, 2.45) is 5.41 Å². The van der Waals surface area contributed by atoms with Crippen molar-refractivity contribution in [3.05, 3.63) is 87.4 Å². The molecule has 4 aliphatic rings. The highest BCUT2D eigenvalue weighted by Crippen LogP contribution is 2.61. The van der Waals surface area contributed by atoms with Gasteiger partial charge in [0.15, 0.2) is 0 Å². The number of nitrogens with zero attached hydrogens (tertiary/aromatic N) is 2. The van der Waals surface area contributed by atoms with Crippen molar-refractivity contribution in [2.45, 2.75) is 49.6 Å². The van der Waals surface area contributed by atoms with Crippen LogP contribution in [-0.4, -0.2) is 67.5 Å². The summed E-state index contributed by atoms with van der Waals surface area (Å²) in [5.74, 6) is -0.962. The number of methoxy groups -OCH3 is 1. The highest BCUT2D eigenvalue weighted by Gasteiger charge is 2.67. The lowest BCUT2D eigenvalue weighted by atomic mass is 9.61. The third kappa shape index (κ3) is 4.57. The molecule has 10 heteroatoms. The van der Waals surface area contributed by atoms with Crippen molar-refractivity contribution in [1.29, 1.82) is 0 Å². The number of rotatable bonds is 6. The number of nitrogens with one attached hydrogen (secondary N) is 1. The molecular formula is C34H35Cl2N3O5. The first-order valence-corrected chi connectivity index (χ1v) is 15.8. The topological polar surface area (TPSA) is 91.3 Å². The number of carboxylic acids is 1. The molecule has 1 spiro atoms. The number of fused-ring (bicyclic) bond motifs is 3. The average Bonchev–Trinajstić information content (AvgIpc) is 3.62. The Morgan fingerprint density at radius 2 is 1.86 bits per heavy atom. The molecule has 230 valence electrons. The summed E-state index contributed by atoms with van der Waals surface area (Å²) in [4.78, 5) is 30.6. The van der Waals surface area contributed by atoms with Gasteiger partial charge < -0.3 is 19.9 Å². The van der Waals surface area contributed by atoms with Gasteiger partial charge in [-0.05, 0) is 78.3 Å². The summed E-state index contributed by atoms with van der Waals surface area (Å²) >= 11 is 13.1. The summed E-state index contributed by atoms with van der Waals surface area (Å²) in [5.41, 5.74) is 3.44. The first kappa shape index (κ1) is 29.4. The summed E-state index contributed by atoms with van der Waals surface area (Å²) in [5, 5.41) is 14.5. The molecule has 4 atom stereocenters. The Kier molecular flexibility index (Phi) is 7.32. The van der Waals surface area contributed by atoms with E-state index in [0.717, 1.165) is 43.7 Å². The molecule has 8 nitrogen and oxygen atoms in total. The zero-order valence-electron chi connectivity index (χ0n) is 24.7. The number of amides is 1. The number of carbonyl (C=O) groups is 2. The molecule has 3 aromatic carbocycles. The Balaban J connectivity index is 1.41. The fraction of sp³-hybridized carbons (Fsp3) is 0.412. The van der Waals surface area contributed by atoms with E-state index in [1.54, 1.807) is 11.0 Å². The van der Waals surface area contributed by atoms with Crippen LogP contribution >= 0.6 is 23.2 Å². The van der Waals surface area contributed by atoms with Crippen LogP contribution in [0, 0.1) is 5.41 Å². The highest BCUT2D eigenvalue weighted by molar-refractivity contribution is 6.31. The van der Waals surface area contributed by atoms with Crippen LogP contribution in [0.15, 0.2) is 60.7 Å². The number of ether oxygens (including phenoxy) is 2. The van der Waals surface area contributed by atoms with Crippen molar-refractivity contribution in [3.63, 3.8) is 0 Å². The van der Waals surface area contributed by atoms with Crippen LogP contribution in [0.3, 0.4) is 0 Å². The third-order valence-electron chi connectivity index (χ3n) is 10.4. The van der Waals surface area contributed by atoms with E-state index in [9.17, 15) is 14.7 Å². The number of carbonyl (C=O) groups excluding carboxylic acids is 1. The summed E-state index contributed by atoms with van der Waals surface area (Å²) < 4.78 is 11.4. The minimum Gasteiger partial charge on any atom is -0.495 e. The number of hydrogen-bond acceptors (Lipinski definition) is 6. The van der Waals surface area contributed by atoms with E-state index in [4.69, 9.17) is 32.7 Å². The smallest absolute Gasteiger partial charge is 0.335 e. The minimum atomic E-state index is -1.05. The standard InChI is InChI=1S/C34H35Cl2N3O5/c1-33(10-12-44-13-11-33)17-28-34(18-37-25-16-23(36)7-8-24(25)34)29(20-4-3-5-22(35)14-20)30-31(40)38(19-39(28)30)26-9-6-21(32(41)42)15-27(26)43-2/h3-9,14-16,28-30,37H,10-13,17-19H2,1-2H3,(H,41,42)/t28-,29-,30+,34-/m0/s1. The zero-order valence-corrected chi connectivity index (χ0v) is 26.2. The number of halogens is 2. The van der Waals surface area contributed by atoms with E-state index in [-0.39, 0.29) is 28.8 Å². The van der Waals surface area contributed by atoms with Crippen LogP contribution < -0.4 is 15.0 Å².